The predicted molar refractivity (Wildman–Crippen MR) is 114 cm³/mol. The summed E-state index contributed by atoms with van der Waals surface area (Å²) in [6.45, 7) is 9.22. The lowest BCUT2D eigenvalue weighted by molar-refractivity contribution is -0.115. The Balaban J connectivity index is 2.00. The van der Waals surface area contributed by atoms with Crippen molar-refractivity contribution in [3.63, 3.8) is 0 Å². The summed E-state index contributed by atoms with van der Waals surface area (Å²) >= 11 is 0. The van der Waals surface area contributed by atoms with Gasteiger partial charge in [-0.15, -0.1) is 0 Å². The fourth-order valence-corrected chi connectivity index (χ4v) is 3.12. The molecule has 0 atom stereocenters. The normalized spacial score (nSPS) is 10.8. The maximum Gasteiger partial charge on any atom is 0.337 e. The highest BCUT2D eigenvalue weighted by Crippen LogP contribution is 2.32. The van der Waals surface area contributed by atoms with E-state index in [4.69, 9.17) is 4.74 Å². The van der Waals surface area contributed by atoms with Crippen molar-refractivity contribution in [3.05, 3.63) is 59.2 Å². The molecule has 0 saturated carbocycles. The Morgan fingerprint density at radius 1 is 0.964 bits per heavy atom. The van der Waals surface area contributed by atoms with Crippen molar-refractivity contribution >= 4 is 23.3 Å². The van der Waals surface area contributed by atoms with E-state index in [2.05, 4.69) is 56.5 Å². The van der Waals surface area contributed by atoms with Crippen LogP contribution in [0.3, 0.4) is 0 Å². The van der Waals surface area contributed by atoms with Crippen LogP contribution in [0.15, 0.2) is 42.5 Å². The second kappa shape index (κ2) is 9.93. The minimum absolute atomic E-state index is 0.109. The summed E-state index contributed by atoms with van der Waals surface area (Å²) < 4.78 is 4.71. The molecule has 0 saturated heterocycles. The first kappa shape index (κ1) is 21.5. The SMILES string of the molecule is COC(=O)c1cccc(NC(=O)CCNc2c(C(C)C)cccc2C(C)C)c1. The van der Waals surface area contributed by atoms with Gasteiger partial charge in [0, 0.05) is 24.3 Å². The van der Waals surface area contributed by atoms with Crippen molar-refractivity contribution < 1.29 is 14.3 Å². The van der Waals surface area contributed by atoms with Gasteiger partial charge in [0.25, 0.3) is 0 Å². The van der Waals surface area contributed by atoms with E-state index in [0.717, 1.165) is 5.69 Å². The highest BCUT2D eigenvalue weighted by atomic mass is 16.5. The van der Waals surface area contributed by atoms with Crippen molar-refractivity contribution in [1.82, 2.24) is 0 Å². The molecule has 0 spiro atoms. The molecule has 0 aliphatic carbocycles. The molecule has 0 bridgehead atoms. The third-order valence-electron chi connectivity index (χ3n) is 4.59. The number of amides is 1. The highest BCUT2D eigenvalue weighted by molar-refractivity contribution is 5.94. The number of hydrogen-bond acceptors (Lipinski definition) is 4. The smallest absolute Gasteiger partial charge is 0.337 e. The van der Waals surface area contributed by atoms with Crippen LogP contribution in [-0.2, 0) is 9.53 Å². The van der Waals surface area contributed by atoms with E-state index in [0.29, 0.717) is 36.1 Å². The van der Waals surface area contributed by atoms with Gasteiger partial charge in [-0.2, -0.15) is 0 Å². The number of benzene rings is 2. The molecule has 5 nitrogen and oxygen atoms in total. The lowest BCUT2D eigenvalue weighted by atomic mass is 9.92. The second-order valence-corrected chi connectivity index (χ2v) is 7.42. The molecule has 28 heavy (non-hydrogen) atoms. The van der Waals surface area contributed by atoms with Crippen molar-refractivity contribution in [2.75, 3.05) is 24.3 Å². The van der Waals surface area contributed by atoms with Gasteiger partial charge >= 0.3 is 5.97 Å². The molecule has 2 N–H and O–H groups in total. The van der Waals surface area contributed by atoms with Gasteiger partial charge in [-0.25, -0.2) is 4.79 Å². The average molecular weight is 383 g/mol. The lowest BCUT2D eigenvalue weighted by Gasteiger charge is -2.20. The molecule has 5 heteroatoms. The molecule has 0 radical (unpaired) electrons. The Hall–Kier alpha value is -2.82. The summed E-state index contributed by atoms with van der Waals surface area (Å²) in [6, 6.07) is 13.1. The zero-order chi connectivity index (χ0) is 20.7. The Labute approximate surface area is 167 Å². The van der Waals surface area contributed by atoms with E-state index >= 15 is 0 Å². The van der Waals surface area contributed by atoms with E-state index in [1.54, 1.807) is 24.3 Å². The molecule has 2 aromatic rings. The number of esters is 1. The summed E-state index contributed by atoms with van der Waals surface area (Å²) in [5, 5.41) is 6.30. The van der Waals surface area contributed by atoms with Gasteiger partial charge < -0.3 is 15.4 Å². The molecule has 0 unspecified atom stereocenters. The van der Waals surface area contributed by atoms with Crippen molar-refractivity contribution in [2.45, 2.75) is 46.0 Å². The van der Waals surface area contributed by atoms with Crippen molar-refractivity contribution in [3.8, 4) is 0 Å². The van der Waals surface area contributed by atoms with Gasteiger partial charge in [0.1, 0.15) is 0 Å². The standard InChI is InChI=1S/C23H30N2O3/c1-15(2)19-10-7-11-20(16(3)4)22(19)24-13-12-21(26)25-18-9-6-8-17(14-18)23(27)28-5/h6-11,14-16,24H,12-13H2,1-5H3,(H,25,26). The summed E-state index contributed by atoms with van der Waals surface area (Å²) in [7, 11) is 1.33. The van der Waals surface area contributed by atoms with Gasteiger partial charge in [-0.1, -0.05) is 52.0 Å². The monoisotopic (exact) mass is 382 g/mol. The maximum atomic E-state index is 12.3. The molecule has 0 aromatic heterocycles. The number of methoxy groups -OCH3 is 1. The van der Waals surface area contributed by atoms with Crippen LogP contribution in [-0.4, -0.2) is 25.5 Å². The number of carbonyl (C=O) groups excluding carboxylic acids is 2. The van der Waals surface area contributed by atoms with Crippen LogP contribution in [0.25, 0.3) is 0 Å². The van der Waals surface area contributed by atoms with Gasteiger partial charge in [0.05, 0.1) is 12.7 Å². The van der Waals surface area contributed by atoms with Crippen LogP contribution in [0.5, 0.6) is 0 Å². The molecule has 0 aliphatic heterocycles. The molecule has 0 heterocycles. The van der Waals surface area contributed by atoms with E-state index in [-0.39, 0.29) is 5.91 Å². The summed E-state index contributed by atoms with van der Waals surface area (Å²) in [5.74, 6) is 0.263. The van der Waals surface area contributed by atoms with Crippen LogP contribution >= 0.6 is 0 Å². The number of ether oxygens (including phenoxy) is 1. The van der Waals surface area contributed by atoms with Gasteiger partial charge in [0.2, 0.25) is 5.91 Å². The summed E-state index contributed by atoms with van der Waals surface area (Å²) in [6.07, 6.45) is 0.326. The molecule has 1 amide bonds. The molecular formula is C23H30N2O3. The Morgan fingerprint density at radius 2 is 1.57 bits per heavy atom. The van der Waals surface area contributed by atoms with Crippen LogP contribution in [0.2, 0.25) is 0 Å². The minimum atomic E-state index is -0.427. The largest absolute Gasteiger partial charge is 0.465 e. The zero-order valence-electron chi connectivity index (χ0n) is 17.3. The van der Waals surface area contributed by atoms with Crippen molar-refractivity contribution in [2.24, 2.45) is 0 Å². The third kappa shape index (κ3) is 5.59. The fraction of sp³-hybridized carbons (Fsp3) is 0.391. The molecular weight excluding hydrogens is 352 g/mol. The van der Waals surface area contributed by atoms with Crippen LogP contribution in [0, 0.1) is 0 Å². The first-order valence-corrected chi connectivity index (χ1v) is 9.68. The molecule has 0 aliphatic rings. The van der Waals surface area contributed by atoms with Crippen LogP contribution in [0.4, 0.5) is 11.4 Å². The number of carbonyl (C=O) groups is 2. The van der Waals surface area contributed by atoms with E-state index in [9.17, 15) is 9.59 Å². The zero-order valence-corrected chi connectivity index (χ0v) is 17.3. The van der Waals surface area contributed by atoms with E-state index in [1.165, 1.54) is 18.2 Å². The molecule has 2 rings (SSSR count). The number of nitrogens with one attached hydrogen (secondary N) is 2. The first-order chi connectivity index (χ1) is 13.3. The van der Waals surface area contributed by atoms with Crippen molar-refractivity contribution in [1.29, 1.82) is 0 Å². The first-order valence-electron chi connectivity index (χ1n) is 9.68. The minimum Gasteiger partial charge on any atom is -0.465 e. The Morgan fingerprint density at radius 3 is 2.14 bits per heavy atom. The maximum absolute atomic E-state index is 12.3. The number of para-hydroxylation sites is 1. The molecule has 0 fully saturated rings. The van der Waals surface area contributed by atoms with Crippen LogP contribution < -0.4 is 10.6 Å². The lowest BCUT2D eigenvalue weighted by Crippen LogP contribution is -2.18. The summed E-state index contributed by atoms with van der Waals surface area (Å²) in [5.41, 5.74) is 4.65. The number of hydrogen-bond donors (Lipinski definition) is 2. The second-order valence-electron chi connectivity index (χ2n) is 7.42. The fourth-order valence-electron chi connectivity index (χ4n) is 3.12. The quantitative estimate of drug-likeness (QED) is 0.619. The van der Waals surface area contributed by atoms with Crippen LogP contribution in [0.1, 0.15) is 67.4 Å². The van der Waals surface area contributed by atoms with E-state index in [1.807, 2.05) is 0 Å². The predicted octanol–water partition coefficient (Wildman–Crippen LogP) is 5.16. The number of rotatable bonds is 8. The Kier molecular flexibility index (Phi) is 7.61. The van der Waals surface area contributed by atoms with Gasteiger partial charge in [-0.3, -0.25) is 4.79 Å². The summed E-state index contributed by atoms with van der Waals surface area (Å²) in [4.78, 5) is 23.9. The van der Waals surface area contributed by atoms with E-state index < -0.39 is 5.97 Å². The van der Waals surface area contributed by atoms with Gasteiger partial charge in [0.15, 0.2) is 0 Å². The third-order valence-corrected chi connectivity index (χ3v) is 4.59. The topological polar surface area (TPSA) is 67.4 Å². The van der Waals surface area contributed by atoms with Gasteiger partial charge in [-0.05, 0) is 41.2 Å². The highest BCUT2D eigenvalue weighted by Gasteiger charge is 2.14. The Bertz CT molecular complexity index is 802. The molecule has 2 aromatic carbocycles. The number of anilines is 2. The average Bonchev–Trinajstić information content (AvgIpc) is 2.67. The molecule has 150 valence electrons.